The van der Waals surface area contributed by atoms with Gasteiger partial charge in [0.15, 0.2) is 0 Å². The summed E-state index contributed by atoms with van der Waals surface area (Å²) >= 11 is 0. The quantitative estimate of drug-likeness (QED) is 0.534. The van der Waals surface area contributed by atoms with Gasteiger partial charge in [-0.25, -0.2) is 0 Å². The third-order valence-electron chi connectivity index (χ3n) is 6.34. The number of benzene rings is 2. The van der Waals surface area contributed by atoms with Gasteiger partial charge < -0.3 is 0 Å². The van der Waals surface area contributed by atoms with E-state index in [1.165, 1.54) is 80.0 Å². The van der Waals surface area contributed by atoms with E-state index >= 15 is 0 Å². The summed E-state index contributed by atoms with van der Waals surface area (Å²) in [5, 5.41) is 0. The lowest BCUT2D eigenvalue weighted by Crippen LogP contribution is -2.24. The molecule has 2 aliphatic rings. The summed E-state index contributed by atoms with van der Waals surface area (Å²) in [6.07, 6.45) is 15.0. The second-order valence-corrected chi connectivity index (χ2v) is 8.21. The first-order valence-electron chi connectivity index (χ1n) is 10.2. The number of allylic oxidation sites excluding steroid dienone is 1. The van der Waals surface area contributed by atoms with Crippen molar-refractivity contribution in [3.8, 4) is 11.1 Å². The summed E-state index contributed by atoms with van der Waals surface area (Å²) < 4.78 is 0. The average Bonchev–Trinajstić information content (AvgIpc) is 3.05. The Morgan fingerprint density at radius 1 is 0.880 bits per heavy atom. The molecule has 0 atom stereocenters. The molecule has 2 aliphatic carbocycles. The molecule has 0 N–H and O–H groups in total. The molecule has 4 rings (SSSR count). The zero-order chi connectivity index (χ0) is 17.1. The molecule has 25 heavy (non-hydrogen) atoms. The lowest BCUT2D eigenvalue weighted by molar-refractivity contribution is 0.169. The van der Waals surface area contributed by atoms with Crippen molar-refractivity contribution in [1.29, 1.82) is 0 Å². The fourth-order valence-corrected chi connectivity index (χ4v) is 5.25. The first kappa shape index (κ1) is 16.6. The number of hydrogen-bond acceptors (Lipinski definition) is 0. The highest BCUT2D eigenvalue weighted by molar-refractivity contribution is 5.80. The SMILES string of the molecule is CCCC1(CC2=Cc3c(cccc3-c3ccccc3)C2)CCCCC1. The van der Waals surface area contributed by atoms with Crippen molar-refractivity contribution >= 4 is 6.08 Å². The van der Waals surface area contributed by atoms with Crippen molar-refractivity contribution in [2.45, 2.75) is 64.7 Å². The molecule has 1 fully saturated rings. The molecule has 0 heterocycles. The lowest BCUT2D eigenvalue weighted by atomic mass is 9.67. The van der Waals surface area contributed by atoms with Crippen LogP contribution in [0.4, 0.5) is 0 Å². The highest BCUT2D eigenvalue weighted by Gasteiger charge is 2.33. The molecule has 0 aromatic heterocycles. The van der Waals surface area contributed by atoms with Gasteiger partial charge in [0.05, 0.1) is 0 Å². The van der Waals surface area contributed by atoms with Gasteiger partial charge in [0.1, 0.15) is 0 Å². The van der Waals surface area contributed by atoms with Gasteiger partial charge in [-0.3, -0.25) is 0 Å². The molecule has 0 unspecified atom stereocenters. The van der Waals surface area contributed by atoms with Crippen molar-refractivity contribution in [1.82, 2.24) is 0 Å². The number of fused-ring (bicyclic) bond motifs is 1. The highest BCUT2D eigenvalue weighted by atomic mass is 14.4. The van der Waals surface area contributed by atoms with E-state index in [1.54, 1.807) is 5.57 Å². The van der Waals surface area contributed by atoms with Crippen LogP contribution in [0.2, 0.25) is 0 Å². The van der Waals surface area contributed by atoms with Gasteiger partial charge in [0.25, 0.3) is 0 Å². The Balaban J connectivity index is 1.62. The Morgan fingerprint density at radius 3 is 2.44 bits per heavy atom. The van der Waals surface area contributed by atoms with E-state index in [0.717, 1.165) is 0 Å². The summed E-state index contributed by atoms with van der Waals surface area (Å²) in [6.45, 7) is 2.36. The predicted molar refractivity (Wildman–Crippen MR) is 109 cm³/mol. The number of rotatable bonds is 5. The van der Waals surface area contributed by atoms with Crippen LogP contribution < -0.4 is 0 Å². The van der Waals surface area contributed by atoms with Crippen LogP contribution >= 0.6 is 0 Å². The molecule has 130 valence electrons. The standard InChI is InChI=1S/C25H30/c1-2-14-25(15-7-4-8-16-25)19-20-17-22-12-9-13-23(24(22)18-20)21-10-5-3-6-11-21/h3,5-6,9-13,18H,2,4,7-8,14-17,19H2,1H3. The third-order valence-corrected chi connectivity index (χ3v) is 6.34. The van der Waals surface area contributed by atoms with Crippen LogP contribution in [0.25, 0.3) is 17.2 Å². The Labute approximate surface area is 153 Å². The van der Waals surface area contributed by atoms with Crippen molar-refractivity contribution in [2.75, 3.05) is 0 Å². The fraction of sp³-hybridized carbons (Fsp3) is 0.440. The second-order valence-electron chi connectivity index (χ2n) is 8.21. The third kappa shape index (κ3) is 3.45. The maximum Gasteiger partial charge on any atom is -0.00574 e. The molecule has 0 bridgehead atoms. The van der Waals surface area contributed by atoms with Gasteiger partial charge in [0, 0.05) is 0 Å². The fourth-order valence-electron chi connectivity index (χ4n) is 5.25. The van der Waals surface area contributed by atoms with Crippen molar-refractivity contribution in [3.63, 3.8) is 0 Å². The Hall–Kier alpha value is -1.82. The van der Waals surface area contributed by atoms with E-state index in [9.17, 15) is 0 Å². The average molecular weight is 331 g/mol. The minimum absolute atomic E-state index is 0.591. The predicted octanol–water partition coefficient (Wildman–Crippen LogP) is 7.43. The van der Waals surface area contributed by atoms with Crippen LogP contribution in [-0.4, -0.2) is 0 Å². The molecule has 1 saturated carbocycles. The van der Waals surface area contributed by atoms with Gasteiger partial charge in [-0.15, -0.1) is 0 Å². The Bertz CT molecular complexity index is 739. The van der Waals surface area contributed by atoms with Gasteiger partial charge in [-0.05, 0) is 59.8 Å². The van der Waals surface area contributed by atoms with Gasteiger partial charge in [0.2, 0.25) is 0 Å². The van der Waals surface area contributed by atoms with Gasteiger partial charge >= 0.3 is 0 Å². The van der Waals surface area contributed by atoms with Crippen LogP contribution in [0.1, 0.15) is 69.4 Å². The van der Waals surface area contributed by atoms with Crippen molar-refractivity contribution in [3.05, 3.63) is 65.2 Å². The zero-order valence-electron chi connectivity index (χ0n) is 15.6. The van der Waals surface area contributed by atoms with E-state index in [4.69, 9.17) is 0 Å². The zero-order valence-corrected chi connectivity index (χ0v) is 15.6. The van der Waals surface area contributed by atoms with Crippen molar-refractivity contribution < 1.29 is 0 Å². The maximum absolute atomic E-state index is 2.53. The molecule has 0 spiro atoms. The highest BCUT2D eigenvalue weighted by Crippen LogP contribution is 2.47. The normalized spacial score (nSPS) is 18.7. The Kier molecular flexibility index (Phi) is 4.79. The molecule has 0 nitrogen and oxygen atoms in total. The smallest absolute Gasteiger partial charge is 0.00574 e. The second kappa shape index (κ2) is 7.20. The Morgan fingerprint density at radius 2 is 1.68 bits per heavy atom. The van der Waals surface area contributed by atoms with Crippen LogP contribution in [0.15, 0.2) is 54.1 Å². The summed E-state index contributed by atoms with van der Waals surface area (Å²) in [4.78, 5) is 0. The van der Waals surface area contributed by atoms with Gasteiger partial charge in [-0.1, -0.05) is 92.8 Å². The lowest BCUT2D eigenvalue weighted by Gasteiger charge is -2.38. The first-order valence-corrected chi connectivity index (χ1v) is 10.2. The topological polar surface area (TPSA) is 0 Å². The van der Waals surface area contributed by atoms with E-state index in [2.05, 4.69) is 61.5 Å². The molecule has 0 heteroatoms. The molecular formula is C25H30. The van der Waals surface area contributed by atoms with Crippen molar-refractivity contribution in [2.24, 2.45) is 5.41 Å². The molecule has 2 aromatic rings. The van der Waals surface area contributed by atoms with E-state index in [1.807, 2.05) is 0 Å². The van der Waals surface area contributed by atoms with E-state index < -0.39 is 0 Å². The molecular weight excluding hydrogens is 300 g/mol. The largest absolute Gasteiger partial charge is 0.0654 e. The van der Waals surface area contributed by atoms with Crippen LogP contribution in [0.5, 0.6) is 0 Å². The number of hydrogen-bond donors (Lipinski definition) is 0. The molecule has 0 amide bonds. The van der Waals surface area contributed by atoms with Crippen LogP contribution in [-0.2, 0) is 6.42 Å². The van der Waals surface area contributed by atoms with E-state index in [0.29, 0.717) is 5.41 Å². The minimum Gasteiger partial charge on any atom is -0.0654 e. The monoisotopic (exact) mass is 330 g/mol. The van der Waals surface area contributed by atoms with Crippen LogP contribution in [0.3, 0.4) is 0 Å². The molecule has 0 saturated heterocycles. The molecule has 2 aromatic carbocycles. The summed E-state index contributed by atoms with van der Waals surface area (Å²) in [6, 6.07) is 17.7. The summed E-state index contributed by atoms with van der Waals surface area (Å²) in [7, 11) is 0. The maximum atomic E-state index is 2.53. The van der Waals surface area contributed by atoms with E-state index in [-0.39, 0.29) is 0 Å². The minimum atomic E-state index is 0.591. The first-order chi connectivity index (χ1) is 12.3. The molecule has 0 radical (unpaired) electrons. The summed E-state index contributed by atoms with van der Waals surface area (Å²) in [5.74, 6) is 0. The van der Waals surface area contributed by atoms with Crippen LogP contribution in [0, 0.1) is 5.41 Å². The van der Waals surface area contributed by atoms with Gasteiger partial charge in [-0.2, -0.15) is 0 Å². The molecule has 0 aliphatic heterocycles. The summed E-state index contributed by atoms with van der Waals surface area (Å²) in [5.41, 5.74) is 8.02.